The first-order chi connectivity index (χ1) is 8.99. The zero-order valence-electron chi connectivity index (χ0n) is 9.91. The van der Waals surface area contributed by atoms with Gasteiger partial charge in [0, 0.05) is 30.8 Å². The molecular formula is C12H12N2O5. The van der Waals surface area contributed by atoms with Crippen molar-refractivity contribution in [3.63, 3.8) is 0 Å². The Labute approximate surface area is 108 Å². The van der Waals surface area contributed by atoms with Gasteiger partial charge < -0.3 is 10.4 Å². The molecule has 0 bridgehead atoms. The third-order valence-corrected chi connectivity index (χ3v) is 2.24. The van der Waals surface area contributed by atoms with Crippen molar-refractivity contribution in [3.8, 4) is 0 Å². The molecule has 1 aromatic rings. The molecule has 0 aliphatic carbocycles. The summed E-state index contributed by atoms with van der Waals surface area (Å²) in [5, 5.41) is 21.3. The van der Waals surface area contributed by atoms with Gasteiger partial charge in [0.2, 0.25) is 5.91 Å². The Morgan fingerprint density at radius 1 is 1.26 bits per heavy atom. The van der Waals surface area contributed by atoms with E-state index in [4.69, 9.17) is 5.11 Å². The number of nitrogens with zero attached hydrogens (tertiary/aromatic N) is 1. The number of hydrogen-bond acceptors (Lipinski definition) is 4. The fraction of sp³-hybridized carbons (Fsp3) is 0.167. The normalized spacial score (nSPS) is 10.3. The number of amides is 1. The first kappa shape index (κ1) is 14.4. The van der Waals surface area contributed by atoms with Crippen LogP contribution in [0.5, 0.6) is 0 Å². The van der Waals surface area contributed by atoms with Crippen LogP contribution in [0.4, 0.5) is 5.69 Å². The fourth-order valence-electron chi connectivity index (χ4n) is 1.32. The molecule has 0 atom stereocenters. The van der Waals surface area contributed by atoms with Gasteiger partial charge in [-0.15, -0.1) is 0 Å². The number of carboxylic acid groups (broad SMARTS) is 1. The second-order valence-electron chi connectivity index (χ2n) is 3.64. The maximum absolute atomic E-state index is 11.1. The largest absolute Gasteiger partial charge is 0.478 e. The van der Waals surface area contributed by atoms with E-state index in [2.05, 4.69) is 5.32 Å². The molecule has 0 aliphatic heterocycles. The molecule has 1 amide bonds. The third kappa shape index (κ3) is 5.44. The van der Waals surface area contributed by atoms with Gasteiger partial charge in [0.15, 0.2) is 0 Å². The van der Waals surface area contributed by atoms with Crippen molar-refractivity contribution in [1.82, 2.24) is 5.32 Å². The van der Waals surface area contributed by atoms with Crippen LogP contribution in [0.3, 0.4) is 0 Å². The van der Waals surface area contributed by atoms with E-state index in [1.54, 1.807) is 12.1 Å². The smallest absolute Gasteiger partial charge is 0.328 e. The van der Waals surface area contributed by atoms with Crippen LogP contribution in [0, 0.1) is 10.1 Å². The van der Waals surface area contributed by atoms with E-state index in [0.29, 0.717) is 13.0 Å². The second-order valence-corrected chi connectivity index (χ2v) is 3.64. The monoisotopic (exact) mass is 264 g/mol. The van der Waals surface area contributed by atoms with Gasteiger partial charge in [0.25, 0.3) is 5.69 Å². The van der Waals surface area contributed by atoms with Gasteiger partial charge in [-0.25, -0.2) is 4.79 Å². The van der Waals surface area contributed by atoms with Gasteiger partial charge >= 0.3 is 5.97 Å². The van der Waals surface area contributed by atoms with E-state index < -0.39 is 16.8 Å². The van der Waals surface area contributed by atoms with Gasteiger partial charge in [-0.05, 0) is 12.0 Å². The van der Waals surface area contributed by atoms with Gasteiger partial charge in [-0.3, -0.25) is 14.9 Å². The highest BCUT2D eigenvalue weighted by Gasteiger charge is 2.04. The van der Waals surface area contributed by atoms with Gasteiger partial charge in [-0.2, -0.15) is 0 Å². The van der Waals surface area contributed by atoms with Gasteiger partial charge in [-0.1, -0.05) is 12.1 Å². The number of nitro groups is 1. The quantitative estimate of drug-likeness (QED) is 0.450. The third-order valence-electron chi connectivity index (χ3n) is 2.24. The highest BCUT2D eigenvalue weighted by Crippen LogP contribution is 2.11. The number of aliphatic carboxylic acids is 1. The predicted molar refractivity (Wildman–Crippen MR) is 66.6 cm³/mol. The van der Waals surface area contributed by atoms with Crippen molar-refractivity contribution in [2.24, 2.45) is 0 Å². The minimum absolute atomic E-state index is 0.0113. The van der Waals surface area contributed by atoms with E-state index in [-0.39, 0.29) is 5.69 Å². The lowest BCUT2D eigenvalue weighted by atomic mass is 10.1. The molecule has 0 heterocycles. The Morgan fingerprint density at radius 2 is 1.89 bits per heavy atom. The number of hydrogen-bond donors (Lipinski definition) is 2. The zero-order valence-corrected chi connectivity index (χ0v) is 9.91. The van der Waals surface area contributed by atoms with E-state index in [1.165, 1.54) is 12.1 Å². The Kier molecular flexibility index (Phi) is 5.21. The van der Waals surface area contributed by atoms with E-state index in [1.807, 2.05) is 0 Å². The lowest BCUT2D eigenvalue weighted by Gasteiger charge is -2.02. The number of benzene rings is 1. The summed E-state index contributed by atoms with van der Waals surface area (Å²) in [6.45, 7) is 0.320. The average Bonchev–Trinajstić information content (AvgIpc) is 2.37. The molecule has 0 saturated carbocycles. The van der Waals surface area contributed by atoms with Crippen LogP contribution in [-0.2, 0) is 16.0 Å². The maximum Gasteiger partial charge on any atom is 0.328 e. The highest BCUT2D eigenvalue weighted by atomic mass is 16.6. The summed E-state index contributed by atoms with van der Waals surface area (Å²) in [4.78, 5) is 31.2. The first-order valence-corrected chi connectivity index (χ1v) is 5.41. The summed E-state index contributed by atoms with van der Waals surface area (Å²) in [6.07, 6.45) is 2.18. The molecule has 0 saturated heterocycles. The molecule has 0 spiro atoms. The summed E-state index contributed by atoms with van der Waals surface area (Å²) in [6, 6.07) is 6.00. The van der Waals surface area contributed by atoms with Crippen LogP contribution in [0.15, 0.2) is 36.4 Å². The van der Waals surface area contributed by atoms with E-state index in [9.17, 15) is 19.7 Å². The summed E-state index contributed by atoms with van der Waals surface area (Å²) >= 11 is 0. The summed E-state index contributed by atoms with van der Waals surface area (Å²) < 4.78 is 0. The van der Waals surface area contributed by atoms with Crippen molar-refractivity contribution >= 4 is 17.6 Å². The number of carboxylic acids is 1. The molecular weight excluding hydrogens is 252 g/mol. The molecule has 0 aliphatic rings. The van der Waals surface area contributed by atoms with Crippen molar-refractivity contribution in [3.05, 3.63) is 52.1 Å². The number of non-ortho nitro benzene ring substituents is 1. The minimum atomic E-state index is -1.19. The van der Waals surface area contributed by atoms with Crippen LogP contribution in [0.2, 0.25) is 0 Å². The molecule has 0 aromatic heterocycles. The van der Waals surface area contributed by atoms with E-state index in [0.717, 1.165) is 17.7 Å². The zero-order chi connectivity index (χ0) is 14.3. The standard InChI is InChI=1S/C12H12N2O5/c15-11(5-6-12(16)17)13-8-7-9-1-3-10(4-2-9)14(18)19/h1-6H,7-8H2,(H,13,15)(H,16,17). The van der Waals surface area contributed by atoms with Crippen LogP contribution < -0.4 is 5.32 Å². The lowest BCUT2D eigenvalue weighted by molar-refractivity contribution is -0.384. The van der Waals surface area contributed by atoms with Crippen LogP contribution in [0.1, 0.15) is 5.56 Å². The van der Waals surface area contributed by atoms with Crippen molar-refractivity contribution in [1.29, 1.82) is 0 Å². The molecule has 0 fully saturated rings. The molecule has 100 valence electrons. The molecule has 0 unspecified atom stereocenters. The molecule has 2 N–H and O–H groups in total. The van der Waals surface area contributed by atoms with Gasteiger partial charge in [0.1, 0.15) is 0 Å². The highest BCUT2D eigenvalue weighted by molar-refractivity contribution is 5.93. The number of carbonyl (C=O) groups excluding carboxylic acids is 1. The lowest BCUT2D eigenvalue weighted by Crippen LogP contribution is -2.23. The average molecular weight is 264 g/mol. The fourth-order valence-corrected chi connectivity index (χ4v) is 1.32. The Hall–Kier alpha value is -2.70. The Bertz CT molecular complexity index is 507. The predicted octanol–water partition coefficient (Wildman–Crippen LogP) is 0.894. The Balaban J connectivity index is 2.39. The van der Waals surface area contributed by atoms with Gasteiger partial charge in [0.05, 0.1) is 4.92 Å². The van der Waals surface area contributed by atoms with E-state index >= 15 is 0 Å². The number of carbonyl (C=O) groups is 2. The van der Waals surface area contributed by atoms with Crippen molar-refractivity contribution in [2.45, 2.75) is 6.42 Å². The number of nitrogens with one attached hydrogen (secondary N) is 1. The number of rotatable bonds is 6. The topological polar surface area (TPSA) is 110 Å². The first-order valence-electron chi connectivity index (χ1n) is 5.41. The minimum Gasteiger partial charge on any atom is -0.478 e. The van der Waals surface area contributed by atoms with Crippen molar-refractivity contribution in [2.75, 3.05) is 6.54 Å². The molecule has 1 aromatic carbocycles. The molecule has 1 rings (SSSR count). The number of nitro benzene ring substituents is 1. The summed E-state index contributed by atoms with van der Waals surface area (Å²) in [7, 11) is 0. The Morgan fingerprint density at radius 3 is 2.42 bits per heavy atom. The van der Waals surface area contributed by atoms with Crippen LogP contribution >= 0.6 is 0 Å². The molecule has 0 radical (unpaired) electrons. The second kappa shape index (κ2) is 6.90. The van der Waals surface area contributed by atoms with Crippen LogP contribution in [0.25, 0.3) is 0 Å². The van der Waals surface area contributed by atoms with Crippen molar-refractivity contribution < 1.29 is 19.6 Å². The SMILES string of the molecule is O=C(O)C=CC(=O)NCCc1ccc([N+](=O)[O-])cc1. The maximum atomic E-state index is 11.1. The molecule has 7 heteroatoms. The molecule has 7 nitrogen and oxygen atoms in total. The molecule has 19 heavy (non-hydrogen) atoms. The summed E-state index contributed by atoms with van der Waals surface area (Å²) in [5.74, 6) is -1.69. The van der Waals surface area contributed by atoms with Crippen LogP contribution in [-0.4, -0.2) is 28.5 Å². The summed E-state index contributed by atoms with van der Waals surface area (Å²) in [5.41, 5.74) is 0.852.